The SMILES string of the molecule is CN(C1CCCCC1)S(=O)(=O)c1ccc(NC(=O)CC[C@H]2Cc3ccccc3NC2=O)cc1. The number of amides is 2. The molecule has 2 aliphatic rings. The van der Waals surface area contributed by atoms with Crippen LogP contribution in [0, 0.1) is 5.92 Å². The van der Waals surface area contributed by atoms with Crippen LogP contribution in [0.1, 0.15) is 50.5 Å². The number of fused-ring (bicyclic) bond motifs is 1. The summed E-state index contributed by atoms with van der Waals surface area (Å²) in [5, 5.41) is 5.71. The Balaban J connectivity index is 1.31. The van der Waals surface area contributed by atoms with Crippen molar-refractivity contribution in [2.45, 2.75) is 62.3 Å². The van der Waals surface area contributed by atoms with Crippen molar-refractivity contribution < 1.29 is 18.0 Å². The van der Waals surface area contributed by atoms with Crippen LogP contribution in [0.3, 0.4) is 0 Å². The third kappa shape index (κ3) is 5.45. The molecule has 1 saturated carbocycles. The number of sulfonamides is 1. The summed E-state index contributed by atoms with van der Waals surface area (Å²) in [5.41, 5.74) is 2.46. The Morgan fingerprint density at radius 2 is 1.76 bits per heavy atom. The molecule has 4 rings (SSSR count). The van der Waals surface area contributed by atoms with Gasteiger partial charge in [-0.25, -0.2) is 8.42 Å². The maximum Gasteiger partial charge on any atom is 0.243 e. The first-order valence-electron chi connectivity index (χ1n) is 11.6. The number of carbonyl (C=O) groups excluding carboxylic acids is 2. The first-order chi connectivity index (χ1) is 15.8. The number of hydrogen-bond donors (Lipinski definition) is 2. The number of para-hydroxylation sites is 1. The normalized spacial score (nSPS) is 19.1. The topological polar surface area (TPSA) is 95.6 Å². The van der Waals surface area contributed by atoms with E-state index in [1.165, 1.54) is 16.4 Å². The Labute approximate surface area is 195 Å². The Bertz CT molecular complexity index is 1110. The Morgan fingerprint density at radius 3 is 2.48 bits per heavy atom. The lowest BCUT2D eigenvalue weighted by molar-refractivity contribution is -0.121. The molecular weight excluding hydrogens is 438 g/mol. The molecule has 2 amide bonds. The van der Waals surface area contributed by atoms with Crippen molar-refractivity contribution >= 4 is 33.2 Å². The summed E-state index contributed by atoms with van der Waals surface area (Å²) >= 11 is 0. The molecule has 33 heavy (non-hydrogen) atoms. The van der Waals surface area contributed by atoms with E-state index in [0.29, 0.717) is 18.5 Å². The second kappa shape index (κ2) is 10.1. The lowest BCUT2D eigenvalue weighted by Gasteiger charge is -2.30. The highest BCUT2D eigenvalue weighted by atomic mass is 32.2. The van der Waals surface area contributed by atoms with E-state index in [2.05, 4.69) is 10.6 Å². The van der Waals surface area contributed by atoms with Gasteiger partial charge in [0.2, 0.25) is 21.8 Å². The van der Waals surface area contributed by atoms with Crippen molar-refractivity contribution in [1.82, 2.24) is 4.31 Å². The molecule has 0 aromatic heterocycles. The van der Waals surface area contributed by atoms with Crippen molar-refractivity contribution in [2.75, 3.05) is 17.7 Å². The van der Waals surface area contributed by atoms with E-state index in [1.54, 1.807) is 19.2 Å². The van der Waals surface area contributed by atoms with Gasteiger partial charge in [0.1, 0.15) is 0 Å². The van der Waals surface area contributed by atoms with E-state index in [9.17, 15) is 18.0 Å². The monoisotopic (exact) mass is 469 g/mol. The number of anilines is 2. The summed E-state index contributed by atoms with van der Waals surface area (Å²) in [5.74, 6) is -0.497. The van der Waals surface area contributed by atoms with Crippen molar-refractivity contribution in [2.24, 2.45) is 5.92 Å². The molecule has 176 valence electrons. The van der Waals surface area contributed by atoms with E-state index in [0.717, 1.165) is 43.4 Å². The highest BCUT2D eigenvalue weighted by Crippen LogP contribution is 2.29. The molecule has 0 bridgehead atoms. The van der Waals surface area contributed by atoms with Crippen LogP contribution in [0.25, 0.3) is 0 Å². The number of hydrogen-bond acceptors (Lipinski definition) is 4. The fraction of sp³-hybridized carbons (Fsp3) is 0.440. The van der Waals surface area contributed by atoms with E-state index in [-0.39, 0.29) is 35.1 Å². The first-order valence-corrected chi connectivity index (χ1v) is 13.1. The molecule has 0 radical (unpaired) electrons. The van der Waals surface area contributed by atoms with Gasteiger partial charge in [0.25, 0.3) is 0 Å². The predicted octanol–water partition coefficient (Wildman–Crippen LogP) is 4.17. The average molecular weight is 470 g/mol. The van der Waals surface area contributed by atoms with Crippen LogP contribution in [0.4, 0.5) is 11.4 Å². The van der Waals surface area contributed by atoms with Crippen LogP contribution >= 0.6 is 0 Å². The van der Waals surface area contributed by atoms with Crippen molar-refractivity contribution in [3.8, 4) is 0 Å². The number of rotatable bonds is 7. The summed E-state index contributed by atoms with van der Waals surface area (Å²) in [7, 11) is -1.91. The molecule has 2 N–H and O–H groups in total. The van der Waals surface area contributed by atoms with Crippen LogP contribution < -0.4 is 10.6 Å². The number of nitrogens with one attached hydrogen (secondary N) is 2. The lowest BCUT2D eigenvalue weighted by Crippen LogP contribution is -2.38. The van der Waals surface area contributed by atoms with Gasteiger partial charge in [-0.2, -0.15) is 4.31 Å². The van der Waals surface area contributed by atoms with Crippen molar-refractivity contribution in [1.29, 1.82) is 0 Å². The quantitative estimate of drug-likeness (QED) is 0.636. The van der Waals surface area contributed by atoms with Gasteiger partial charge < -0.3 is 10.6 Å². The third-order valence-electron chi connectivity index (χ3n) is 6.74. The second-order valence-electron chi connectivity index (χ2n) is 8.97. The summed E-state index contributed by atoms with van der Waals surface area (Å²) in [4.78, 5) is 25.0. The number of carbonyl (C=O) groups is 2. The Morgan fingerprint density at radius 1 is 1.06 bits per heavy atom. The van der Waals surface area contributed by atoms with Crippen LogP contribution in [-0.2, 0) is 26.0 Å². The molecular formula is C25H31N3O4S. The molecule has 1 atom stereocenters. The molecule has 0 spiro atoms. The summed E-state index contributed by atoms with van der Waals surface area (Å²) in [6.07, 6.45) is 6.36. The zero-order chi connectivity index (χ0) is 23.4. The maximum atomic E-state index is 13.0. The van der Waals surface area contributed by atoms with Gasteiger partial charge in [-0.05, 0) is 61.6 Å². The van der Waals surface area contributed by atoms with Gasteiger partial charge in [-0.1, -0.05) is 37.5 Å². The first kappa shape index (κ1) is 23.4. The van der Waals surface area contributed by atoms with Crippen molar-refractivity contribution in [3.63, 3.8) is 0 Å². The van der Waals surface area contributed by atoms with Crippen LogP contribution in [-0.4, -0.2) is 37.6 Å². The van der Waals surface area contributed by atoms with E-state index >= 15 is 0 Å². The van der Waals surface area contributed by atoms with Gasteiger partial charge in [-0.15, -0.1) is 0 Å². The van der Waals surface area contributed by atoms with Gasteiger partial charge in [-0.3, -0.25) is 9.59 Å². The molecule has 0 unspecified atom stereocenters. The predicted molar refractivity (Wildman–Crippen MR) is 128 cm³/mol. The fourth-order valence-corrected chi connectivity index (χ4v) is 6.11. The number of benzene rings is 2. The molecule has 8 heteroatoms. The average Bonchev–Trinajstić information content (AvgIpc) is 2.83. The highest BCUT2D eigenvalue weighted by molar-refractivity contribution is 7.89. The Kier molecular flexibility index (Phi) is 7.14. The van der Waals surface area contributed by atoms with Crippen LogP contribution in [0.15, 0.2) is 53.4 Å². The third-order valence-corrected chi connectivity index (χ3v) is 8.66. The fourth-order valence-electron chi connectivity index (χ4n) is 4.69. The molecule has 2 aromatic carbocycles. The molecule has 1 aliphatic carbocycles. The summed E-state index contributed by atoms with van der Waals surface area (Å²) in [6, 6.07) is 14.1. The zero-order valence-corrected chi connectivity index (χ0v) is 19.7. The van der Waals surface area contributed by atoms with Crippen LogP contribution in [0.5, 0.6) is 0 Å². The van der Waals surface area contributed by atoms with Gasteiger partial charge in [0, 0.05) is 36.8 Å². The second-order valence-corrected chi connectivity index (χ2v) is 11.0. The molecule has 1 heterocycles. The Hall–Kier alpha value is -2.71. The largest absolute Gasteiger partial charge is 0.326 e. The van der Waals surface area contributed by atoms with E-state index in [4.69, 9.17) is 0 Å². The van der Waals surface area contributed by atoms with Gasteiger partial charge in [0.15, 0.2) is 0 Å². The number of nitrogens with zero attached hydrogens (tertiary/aromatic N) is 1. The van der Waals surface area contributed by atoms with E-state index < -0.39 is 10.0 Å². The lowest BCUT2D eigenvalue weighted by atomic mass is 9.89. The molecule has 0 saturated heterocycles. The van der Waals surface area contributed by atoms with Crippen LogP contribution in [0.2, 0.25) is 0 Å². The molecule has 2 aromatic rings. The molecule has 7 nitrogen and oxygen atoms in total. The van der Waals surface area contributed by atoms with E-state index in [1.807, 2.05) is 24.3 Å². The summed E-state index contributed by atoms with van der Waals surface area (Å²) in [6.45, 7) is 0. The molecule has 1 fully saturated rings. The molecule has 1 aliphatic heterocycles. The van der Waals surface area contributed by atoms with Gasteiger partial charge >= 0.3 is 0 Å². The maximum absolute atomic E-state index is 13.0. The highest BCUT2D eigenvalue weighted by Gasteiger charge is 2.29. The smallest absolute Gasteiger partial charge is 0.243 e. The zero-order valence-electron chi connectivity index (χ0n) is 18.9. The minimum absolute atomic E-state index is 0.0482. The standard InChI is InChI=1S/C25H31N3O4S/c1-28(21-8-3-2-4-9-21)33(31,32)22-14-12-20(13-15-22)26-24(29)16-11-19-17-18-7-5-6-10-23(18)27-25(19)30/h5-7,10,12-15,19,21H,2-4,8-9,11,16-17H2,1H3,(H,26,29)(H,27,30)/t19-/m0/s1. The van der Waals surface area contributed by atoms with Gasteiger partial charge in [0.05, 0.1) is 4.90 Å². The summed E-state index contributed by atoms with van der Waals surface area (Å²) < 4.78 is 27.4. The van der Waals surface area contributed by atoms with Crippen molar-refractivity contribution in [3.05, 3.63) is 54.1 Å². The minimum atomic E-state index is -3.56. The minimum Gasteiger partial charge on any atom is -0.326 e.